The van der Waals surface area contributed by atoms with Gasteiger partial charge in [0.05, 0.1) is 0 Å². The fourth-order valence-electron chi connectivity index (χ4n) is 1.65. The minimum atomic E-state index is 0.122. The van der Waals surface area contributed by atoms with Crippen molar-refractivity contribution < 1.29 is 10.2 Å². The highest BCUT2D eigenvalue weighted by atomic mass is 16.3. The van der Waals surface area contributed by atoms with Gasteiger partial charge in [0.2, 0.25) is 0 Å². The van der Waals surface area contributed by atoms with Crippen molar-refractivity contribution in [1.29, 1.82) is 0 Å². The van der Waals surface area contributed by atoms with Crippen molar-refractivity contribution in [1.82, 2.24) is 0 Å². The smallest absolute Gasteiger partial charge is 0.124 e. The van der Waals surface area contributed by atoms with Gasteiger partial charge in [0, 0.05) is 18.3 Å². The summed E-state index contributed by atoms with van der Waals surface area (Å²) < 4.78 is 0. The normalized spacial score (nSPS) is 10.9. The van der Waals surface area contributed by atoms with E-state index in [1.807, 2.05) is 18.2 Å². The maximum atomic E-state index is 9.55. The van der Waals surface area contributed by atoms with E-state index >= 15 is 0 Å². The van der Waals surface area contributed by atoms with Crippen molar-refractivity contribution in [3.8, 4) is 11.5 Å². The molecule has 0 unspecified atom stereocenters. The van der Waals surface area contributed by atoms with Crippen LogP contribution in [0, 0.1) is 0 Å². The van der Waals surface area contributed by atoms with Gasteiger partial charge >= 0.3 is 0 Å². The van der Waals surface area contributed by atoms with Crippen LogP contribution in [0.1, 0.15) is 11.1 Å². The number of phenols is 2. The monoisotopic (exact) mass is 241 g/mol. The zero-order valence-corrected chi connectivity index (χ0v) is 9.95. The number of hydrogen-bond acceptors (Lipinski definition) is 3. The minimum absolute atomic E-state index is 0.122. The van der Waals surface area contributed by atoms with Crippen molar-refractivity contribution in [3.05, 3.63) is 59.7 Å². The summed E-state index contributed by atoms with van der Waals surface area (Å²) in [6.07, 6.45) is 2.44. The standard InChI is InChI=1S/C15H15NO2/c17-14-6-7-15(18)13(10-14)11-16-9-8-12-4-2-1-3-5-12/h1-7,10-11,17-18H,8-9H2. The van der Waals surface area contributed by atoms with Gasteiger partial charge in [-0.25, -0.2) is 0 Å². The molecule has 0 aliphatic carbocycles. The van der Waals surface area contributed by atoms with Gasteiger partial charge in [-0.15, -0.1) is 0 Å². The van der Waals surface area contributed by atoms with Crippen LogP contribution in [0.2, 0.25) is 0 Å². The van der Waals surface area contributed by atoms with Gasteiger partial charge in [0.25, 0.3) is 0 Å². The highest BCUT2D eigenvalue weighted by Crippen LogP contribution is 2.20. The Hall–Kier alpha value is -2.29. The lowest BCUT2D eigenvalue weighted by Gasteiger charge is -2.00. The molecule has 92 valence electrons. The van der Waals surface area contributed by atoms with Gasteiger partial charge in [-0.1, -0.05) is 30.3 Å². The minimum Gasteiger partial charge on any atom is -0.508 e. The summed E-state index contributed by atoms with van der Waals surface area (Å²) in [5.74, 6) is 0.244. The van der Waals surface area contributed by atoms with Gasteiger partial charge in [-0.05, 0) is 30.2 Å². The molecule has 0 spiro atoms. The lowest BCUT2D eigenvalue weighted by molar-refractivity contribution is 0.459. The number of hydrogen-bond donors (Lipinski definition) is 2. The maximum absolute atomic E-state index is 9.55. The zero-order valence-electron chi connectivity index (χ0n) is 9.95. The summed E-state index contributed by atoms with van der Waals surface area (Å²) in [7, 11) is 0. The number of benzene rings is 2. The molecule has 0 heterocycles. The maximum Gasteiger partial charge on any atom is 0.124 e. The first-order chi connectivity index (χ1) is 8.75. The third-order valence-corrected chi connectivity index (χ3v) is 2.61. The molecule has 2 aromatic carbocycles. The number of nitrogens with zero attached hydrogens (tertiary/aromatic N) is 1. The average molecular weight is 241 g/mol. The topological polar surface area (TPSA) is 52.8 Å². The van der Waals surface area contributed by atoms with Crippen LogP contribution in [-0.2, 0) is 6.42 Å². The molecular formula is C15H15NO2. The molecule has 2 rings (SSSR count). The summed E-state index contributed by atoms with van der Waals surface area (Å²) in [6, 6.07) is 14.5. The molecule has 0 atom stereocenters. The Morgan fingerprint density at radius 3 is 2.56 bits per heavy atom. The molecule has 0 amide bonds. The molecule has 2 aromatic rings. The van der Waals surface area contributed by atoms with E-state index in [1.165, 1.54) is 23.8 Å². The van der Waals surface area contributed by atoms with Crippen LogP contribution < -0.4 is 0 Å². The highest BCUT2D eigenvalue weighted by molar-refractivity contribution is 5.83. The highest BCUT2D eigenvalue weighted by Gasteiger charge is 1.98. The van der Waals surface area contributed by atoms with Crippen LogP contribution in [0.15, 0.2) is 53.5 Å². The molecule has 3 nitrogen and oxygen atoms in total. The Morgan fingerprint density at radius 2 is 1.78 bits per heavy atom. The van der Waals surface area contributed by atoms with E-state index in [4.69, 9.17) is 0 Å². The first kappa shape index (κ1) is 12.2. The predicted octanol–water partition coefficient (Wildman–Crippen LogP) is 2.76. The average Bonchev–Trinajstić information content (AvgIpc) is 2.40. The largest absolute Gasteiger partial charge is 0.508 e. The summed E-state index contributed by atoms with van der Waals surface area (Å²) in [5.41, 5.74) is 1.76. The number of phenolic OH excluding ortho intramolecular Hbond substituents is 2. The van der Waals surface area contributed by atoms with Crippen molar-refractivity contribution in [2.75, 3.05) is 6.54 Å². The fraction of sp³-hybridized carbons (Fsp3) is 0.133. The van der Waals surface area contributed by atoms with Gasteiger partial charge in [0.15, 0.2) is 0 Å². The van der Waals surface area contributed by atoms with Crippen LogP contribution in [0.5, 0.6) is 11.5 Å². The SMILES string of the molecule is Oc1ccc(O)c(C=NCCc2ccccc2)c1. The third-order valence-electron chi connectivity index (χ3n) is 2.61. The second-order valence-corrected chi connectivity index (χ2v) is 4.01. The van der Waals surface area contributed by atoms with Gasteiger partial charge in [0.1, 0.15) is 11.5 Å². The first-order valence-corrected chi connectivity index (χ1v) is 5.81. The molecule has 0 radical (unpaired) electrons. The van der Waals surface area contributed by atoms with E-state index in [0.29, 0.717) is 12.1 Å². The van der Waals surface area contributed by atoms with Gasteiger partial charge in [-0.3, -0.25) is 4.99 Å². The summed E-state index contributed by atoms with van der Waals surface area (Å²) in [6.45, 7) is 0.652. The summed E-state index contributed by atoms with van der Waals surface area (Å²) in [5, 5.41) is 18.8. The Balaban J connectivity index is 1.94. The van der Waals surface area contributed by atoms with E-state index in [0.717, 1.165) is 6.42 Å². The molecule has 0 aliphatic heterocycles. The summed E-state index contributed by atoms with van der Waals surface area (Å²) >= 11 is 0. The van der Waals surface area contributed by atoms with E-state index in [2.05, 4.69) is 17.1 Å². The predicted molar refractivity (Wildman–Crippen MR) is 72.4 cm³/mol. The Kier molecular flexibility index (Phi) is 3.97. The quantitative estimate of drug-likeness (QED) is 0.638. The molecule has 18 heavy (non-hydrogen) atoms. The van der Waals surface area contributed by atoms with Crippen molar-refractivity contribution in [3.63, 3.8) is 0 Å². The van der Waals surface area contributed by atoms with Gasteiger partial charge < -0.3 is 10.2 Å². The molecule has 0 saturated heterocycles. The van der Waals surface area contributed by atoms with Crippen molar-refractivity contribution in [2.45, 2.75) is 6.42 Å². The van der Waals surface area contributed by atoms with Crippen LogP contribution in [0.3, 0.4) is 0 Å². The second-order valence-electron chi connectivity index (χ2n) is 4.01. The lowest BCUT2D eigenvalue weighted by Crippen LogP contribution is -1.90. The molecule has 0 bridgehead atoms. The van der Waals surface area contributed by atoms with Crippen LogP contribution in [0.4, 0.5) is 0 Å². The Morgan fingerprint density at radius 1 is 1.00 bits per heavy atom. The van der Waals surface area contributed by atoms with E-state index in [9.17, 15) is 10.2 Å². The molecule has 3 heteroatoms. The molecule has 0 aromatic heterocycles. The molecule has 0 saturated carbocycles. The zero-order chi connectivity index (χ0) is 12.8. The molecule has 0 fully saturated rings. The second kappa shape index (κ2) is 5.87. The van der Waals surface area contributed by atoms with Gasteiger partial charge in [-0.2, -0.15) is 0 Å². The molecule has 0 aliphatic rings. The third kappa shape index (κ3) is 3.35. The fourth-order valence-corrected chi connectivity index (χ4v) is 1.65. The summed E-state index contributed by atoms with van der Waals surface area (Å²) in [4.78, 5) is 4.24. The Bertz CT molecular complexity index is 535. The number of aromatic hydroxyl groups is 2. The van der Waals surface area contributed by atoms with E-state index in [-0.39, 0.29) is 11.5 Å². The number of rotatable bonds is 4. The molecular weight excluding hydrogens is 226 g/mol. The van der Waals surface area contributed by atoms with E-state index in [1.54, 1.807) is 6.21 Å². The van der Waals surface area contributed by atoms with Crippen LogP contribution in [-0.4, -0.2) is 23.0 Å². The Labute approximate surface area is 106 Å². The number of aliphatic imine (C=N–C) groups is 1. The van der Waals surface area contributed by atoms with Crippen molar-refractivity contribution >= 4 is 6.21 Å². The van der Waals surface area contributed by atoms with Crippen LogP contribution in [0.25, 0.3) is 0 Å². The van der Waals surface area contributed by atoms with Crippen LogP contribution >= 0.6 is 0 Å². The first-order valence-electron chi connectivity index (χ1n) is 5.81. The van der Waals surface area contributed by atoms with E-state index < -0.39 is 0 Å². The lowest BCUT2D eigenvalue weighted by atomic mass is 10.1. The van der Waals surface area contributed by atoms with Crippen molar-refractivity contribution in [2.24, 2.45) is 4.99 Å². The molecule has 2 N–H and O–H groups in total.